The number of rotatable bonds is 1. The van der Waals surface area contributed by atoms with E-state index in [1.54, 1.807) is 11.8 Å². The number of fused-ring (bicyclic) bond motifs is 1. The van der Waals surface area contributed by atoms with E-state index < -0.39 is 0 Å². The molecular weight excluding hydrogens is 232 g/mol. The van der Waals surface area contributed by atoms with E-state index in [0.29, 0.717) is 5.39 Å². The summed E-state index contributed by atoms with van der Waals surface area (Å²) in [5.41, 5.74) is 1.84. The van der Waals surface area contributed by atoms with Crippen LogP contribution < -0.4 is 5.56 Å². The monoisotopic (exact) mass is 248 g/mol. The van der Waals surface area contributed by atoms with Crippen molar-refractivity contribution in [2.45, 2.75) is 37.3 Å². The Bertz CT molecular complexity index is 611. The molecule has 1 aromatic carbocycles. The Morgan fingerprint density at radius 3 is 2.65 bits per heavy atom. The van der Waals surface area contributed by atoms with Gasteiger partial charge in [-0.05, 0) is 24.6 Å². The van der Waals surface area contributed by atoms with Crippen LogP contribution in [0.1, 0.15) is 26.3 Å². The van der Waals surface area contributed by atoms with Crippen LogP contribution in [0.3, 0.4) is 0 Å². The number of nitrogens with zero attached hydrogens (tertiary/aromatic N) is 1. The van der Waals surface area contributed by atoms with Gasteiger partial charge in [-0.3, -0.25) is 4.79 Å². The second-order valence-electron chi connectivity index (χ2n) is 5.08. The molecule has 17 heavy (non-hydrogen) atoms. The van der Waals surface area contributed by atoms with E-state index in [0.717, 1.165) is 16.0 Å². The SMILES string of the molecule is Cc1cc2nc[nH]c(=O)c2cc1SC(C)(C)C. The Labute approximate surface area is 105 Å². The van der Waals surface area contributed by atoms with Crippen molar-refractivity contribution < 1.29 is 0 Å². The Morgan fingerprint density at radius 2 is 2.00 bits per heavy atom. The van der Waals surface area contributed by atoms with E-state index in [1.165, 1.54) is 6.33 Å². The van der Waals surface area contributed by atoms with E-state index in [-0.39, 0.29) is 10.3 Å². The minimum Gasteiger partial charge on any atom is -0.313 e. The van der Waals surface area contributed by atoms with Crippen molar-refractivity contribution in [3.8, 4) is 0 Å². The molecule has 0 saturated carbocycles. The third kappa shape index (κ3) is 2.69. The molecule has 2 aromatic rings. The van der Waals surface area contributed by atoms with Crippen molar-refractivity contribution in [3.63, 3.8) is 0 Å². The highest BCUT2D eigenvalue weighted by molar-refractivity contribution is 8.00. The van der Waals surface area contributed by atoms with Crippen LogP contribution in [0.5, 0.6) is 0 Å². The minimum atomic E-state index is -0.0780. The van der Waals surface area contributed by atoms with Crippen LogP contribution in [0, 0.1) is 6.92 Å². The second kappa shape index (κ2) is 4.18. The van der Waals surface area contributed by atoms with Crippen molar-refractivity contribution in [3.05, 3.63) is 34.4 Å². The molecule has 0 saturated heterocycles. The minimum absolute atomic E-state index is 0.0780. The molecule has 90 valence electrons. The fourth-order valence-electron chi connectivity index (χ4n) is 1.64. The van der Waals surface area contributed by atoms with Gasteiger partial charge in [-0.25, -0.2) is 4.98 Å². The molecule has 0 atom stereocenters. The lowest BCUT2D eigenvalue weighted by molar-refractivity contribution is 0.802. The fourth-order valence-corrected chi connectivity index (χ4v) is 2.70. The highest BCUT2D eigenvalue weighted by Crippen LogP contribution is 2.35. The second-order valence-corrected chi connectivity index (χ2v) is 6.95. The standard InChI is InChI=1S/C13H16N2OS/c1-8-5-10-9(12(16)15-7-14-10)6-11(8)17-13(2,3)4/h5-7H,1-4H3,(H,14,15,16). The van der Waals surface area contributed by atoms with Gasteiger partial charge < -0.3 is 4.98 Å². The maximum absolute atomic E-state index is 11.7. The zero-order valence-corrected chi connectivity index (χ0v) is 11.3. The first-order valence-electron chi connectivity index (χ1n) is 5.54. The van der Waals surface area contributed by atoms with Crippen molar-refractivity contribution >= 4 is 22.7 Å². The smallest absolute Gasteiger partial charge is 0.258 e. The lowest BCUT2D eigenvalue weighted by atomic mass is 10.2. The maximum Gasteiger partial charge on any atom is 0.258 e. The molecular formula is C13H16N2OS. The molecule has 0 fully saturated rings. The van der Waals surface area contributed by atoms with Crippen LogP contribution >= 0.6 is 11.8 Å². The van der Waals surface area contributed by atoms with Crippen molar-refractivity contribution in [1.29, 1.82) is 0 Å². The average molecular weight is 248 g/mol. The quantitative estimate of drug-likeness (QED) is 0.789. The molecule has 0 radical (unpaired) electrons. The number of hydrogen-bond donors (Lipinski definition) is 1. The van der Waals surface area contributed by atoms with Gasteiger partial charge in [0.1, 0.15) is 0 Å². The van der Waals surface area contributed by atoms with Crippen LogP contribution in [-0.2, 0) is 0 Å². The molecule has 1 aromatic heterocycles. The Kier molecular flexibility index (Phi) is 3.00. The number of benzene rings is 1. The lowest BCUT2D eigenvalue weighted by Crippen LogP contribution is -2.09. The average Bonchev–Trinajstić information content (AvgIpc) is 2.18. The topological polar surface area (TPSA) is 45.8 Å². The highest BCUT2D eigenvalue weighted by atomic mass is 32.2. The van der Waals surface area contributed by atoms with E-state index in [2.05, 4.69) is 37.7 Å². The third-order valence-electron chi connectivity index (χ3n) is 2.35. The van der Waals surface area contributed by atoms with Crippen molar-refractivity contribution in [2.24, 2.45) is 0 Å². The van der Waals surface area contributed by atoms with Crippen LogP contribution in [0.15, 0.2) is 28.2 Å². The van der Waals surface area contributed by atoms with Gasteiger partial charge in [-0.15, -0.1) is 11.8 Å². The molecule has 0 unspecified atom stereocenters. The zero-order chi connectivity index (χ0) is 12.6. The van der Waals surface area contributed by atoms with Crippen molar-refractivity contribution in [1.82, 2.24) is 9.97 Å². The summed E-state index contributed by atoms with van der Waals surface area (Å²) < 4.78 is 0.132. The van der Waals surface area contributed by atoms with E-state index in [4.69, 9.17) is 0 Å². The van der Waals surface area contributed by atoms with Crippen LogP contribution in [0.2, 0.25) is 0 Å². The molecule has 0 amide bonds. The van der Waals surface area contributed by atoms with E-state index in [1.807, 2.05) is 12.1 Å². The van der Waals surface area contributed by atoms with Crippen LogP contribution in [-0.4, -0.2) is 14.7 Å². The molecule has 1 heterocycles. The van der Waals surface area contributed by atoms with Crippen molar-refractivity contribution in [2.75, 3.05) is 0 Å². The molecule has 0 aliphatic heterocycles. The first-order chi connectivity index (χ1) is 7.87. The van der Waals surface area contributed by atoms with Gasteiger partial charge in [0, 0.05) is 9.64 Å². The van der Waals surface area contributed by atoms with E-state index >= 15 is 0 Å². The predicted octanol–water partition coefficient (Wildman–Crippen LogP) is 3.12. The van der Waals surface area contributed by atoms with Gasteiger partial charge in [0.2, 0.25) is 0 Å². The first kappa shape index (κ1) is 12.2. The normalized spacial score (nSPS) is 12.0. The lowest BCUT2D eigenvalue weighted by Gasteiger charge is -2.19. The predicted molar refractivity (Wildman–Crippen MR) is 72.7 cm³/mol. The van der Waals surface area contributed by atoms with Gasteiger partial charge in [-0.1, -0.05) is 20.8 Å². The summed E-state index contributed by atoms with van der Waals surface area (Å²) in [6.45, 7) is 8.54. The highest BCUT2D eigenvalue weighted by Gasteiger charge is 2.15. The summed E-state index contributed by atoms with van der Waals surface area (Å²) in [7, 11) is 0. The Morgan fingerprint density at radius 1 is 1.29 bits per heavy atom. The number of thioether (sulfide) groups is 1. The molecule has 0 aliphatic rings. The Hall–Kier alpha value is -1.29. The number of aromatic nitrogens is 2. The number of hydrogen-bond acceptors (Lipinski definition) is 3. The number of nitrogens with one attached hydrogen (secondary N) is 1. The van der Waals surface area contributed by atoms with Gasteiger partial charge >= 0.3 is 0 Å². The summed E-state index contributed by atoms with van der Waals surface area (Å²) in [5, 5.41) is 0.657. The zero-order valence-electron chi connectivity index (χ0n) is 10.5. The summed E-state index contributed by atoms with van der Waals surface area (Å²) >= 11 is 1.77. The summed E-state index contributed by atoms with van der Waals surface area (Å²) in [6.07, 6.45) is 1.45. The molecule has 2 rings (SSSR count). The molecule has 1 N–H and O–H groups in total. The molecule has 3 nitrogen and oxygen atoms in total. The summed E-state index contributed by atoms with van der Waals surface area (Å²) in [4.78, 5) is 19.6. The van der Waals surface area contributed by atoms with Gasteiger partial charge in [-0.2, -0.15) is 0 Å². The molecule has 4 heteroatoms. The number of H-pyrrole nitrogens is 1. The number of aromatic amines is 1. The largest absolute Gasteiger partial charge is 0.313 e. The molecule has 0 aliphatic carbocycles. The van der Waals surface area contributed by atoms with E-state index in [9.17, 15) is 4.79 Å². The maximum atomic E-state index is 11.7. The third-order valence-corrected chi connectivity index (χ3v) is 3.63. The Balaban J connectivity index is 2.62. The summed E-state index contributed by atoms with van der Waals surface area (Å²) in [5.74, 6) is 0. The molecule has 0 bridgehead atoms. The first-order valence-corrected chi connectivity index (χ1v) is 6.35. The summed E-state index contributed by atoms with van der Waals surface area (Å²) in [6, 6.07) is 3.91. The molecule has 0 spiro atoms. The van der Waals surface area contributed by atoms with Gasteiger partial charge in [0.25, 0.3) is 5.56 Å². The van der Waals surface area contributed by atoms with Gasteiger partial charge in [0.15, 0.2) is 0 Å². The van der Waals surface area contributed by atoms with Crippen LogP contribution in [0.4, 0.5) is 0 Å². The fraction of sp³-hybridized carbons (Fsp3) is 0.385. The van der Waals surface area contributed by atoms with Gasteiger partial charge in [0.05, 0.1) is 17.2 Å². The van der Waals surface area contributed by atoms with Crippen LogP contribution in [0.25, 0.3) is 10.9 Å². The number of aryl methyl sites for hydroxylation is 1.